The first-order valence-corrected chi connectivity index (χ1v) is 8.43. The number of pyridine rings is 1. The van der Waals surface area contributed by atoms with E-state index in [0.29, 0.717) is 17.1 Å². The first-order chi connectivity index (χ1) is 12.6. The maximum atomic E-state index is 12.4. The topological polar surface area (TPSA) is 57.7 Å². The number of methoxy groups -OCH3 is 1. The summed E-state index contributed by atoms with van der Waals surface area (Å²) in [5.41, 5.74) is 2.11. The average molecular weight is 351 g/mol. The van der Waals surface area contributed by atoms with Crippen molar-refractivity contribution < 1.29 is 19.0 Å². The van der Waals surface area contributed by atoms with Crippen LogP contribution in [-0.4, -0.2) is 24.2 Å². The summed E-state index contributed by atoms with van der Waals surface area (Å²) in [6.07, 6.45) is 1.74. The minimum Gasteiger partial charge on any atom is -0.493 e. The van der Waals surface area contributed by atoms with Gasteiger partial charge in [0, 0.05) is 17.1 Å². The molecule has 1 heterocycles. The maximum Gasteiger partial charge on any atom is 0.338 e. The number of hydrogen-bond donors (Lipinski definition) is 0. The van der Waals surface area contributed by atoms with Crippen molar-refractivity contribution in [1.82, 2.24) is 4.98 Å². The number of benzene rings is 2. The third-order valence-electron chi connectivity index (χ3n) is 3.84. The second-order valence-electron chi connectivity index (χ2n) is 6.10. The Morgan fingerprint density at radius 1 is 1.08 bits per heavy atom. The van der Waals surface area contributed by atoms with Gasteiger partial charge in [0.2, 0.25) is 0 Å². The lowest BCUT2D eigenvalue weighted by Gasteiger charge is -2.14. The summed E-state index contributed by atoms with van der Waals surface area (Å²) in [4.78, 5) is 16.8. The molecular formula is C21H21NO4. The summed E-state index contributed by atoms with van der Waals surface area (Å²) in [5, 5.41) is 1.01. The number of ether oxygens (including phenoxy) is 3. The Hall–Kier alpha value is -3.08. The van der Waals surface area contributed by atoms with Crippen LogP contribution in [0, 0.1) is 0 Å². The van der Waals surface area contributed by atoms with Crippen molar-refractivity contribution in [3.8, 4) is 11.5 Å². The van der Waals surface area contributed by atoms with E-state index in [1.54, 1.807) is 31.5 Å². The largest absolute Gasteiger partial charge is 0.493 e. The molecule has 0 saturated carbocycles. The molecule has 0 saturated heterocycles. The van der Waals surface area contributed by atoms with E-state index in [1.165, 1.54) is 0 Å². The van der Waals surface area contributed by atoms with Crippen molar-refractivity contribution >= 4 is 16.9 Å². The van der Waals surface area contributed by atoms with Gasteiger partial charge in [-0.15, -0.1) is 0 Å². The standard InChI is InChI=1S/C21H21NO4/c1-14(2)26-18-10-9-16(12-19(18)24-3)21(23)25-13-17-7-4-6-15-8-5-11-22-20(15)17/h4-12,14H,13H2,1-3H3. The predicted molar refractivity (Wildman–Crippen MR) is 99.6 cm³/mol. The maximum absolute atomic E-state index is 12.4. The number of para-hydroxylation sites is 1. The SMILES string of the molecule is COc1cc(C(=O)OCc2cccc3cccnc23)ccc1OC(C)C. The van der Waals surface area contributed by atoms with Crippen LogP contribution in [0.25, 0.3) is 10.9 Å². The molecule has 0 radical (unpaired) electrons. The monoisotopic (exact) mass is 351 g/mol. The molecule has 0 aliphatic carbocycles. The van der Waals surface area contributed by atoms with Crippen LogP contribution in [0.1, 0.15) is 29.8 Å². The van der Waals surface area contributed by atoms with E-state index < -0.39 is 5.97 Å². The van der Waals surface area contributed by atoms with Gasteiger partial charge < -0.3 is 14.2 Å². The lowest BCUT2D eigenvalue weighted by atomic mass is 10.1. The zero-order chi connectivity index (χ0) is 18.5. The molecule has 1 aromatic heterocycles. The van der Waals surface area contributed by atoms with Gasteiger partial charge in [-0.25, -0.2) is 4.79 Å². The fourth-order valence-electron chi connectivity index (χ4n) is 2.66. The number of carbonyl (C=O) groups excluding carboxylic acids is 1. The Labute approximate surface area is 152 Å². The molecule has 0 aliphatic heterocycles. The Morgan fingerprint density at radius 3 is 2.65 bits per heavy atom. The molecule has 0 aliphatic rings. The Bertz CT molecular complexity index is 916. The van der Waals surface area contributed by atoms with Crippen LogP contribution < -0.4 is 9.47 Å². The molecule has 0 N–H and O–H groups in total. The third-order valence-corrected chi connectivity index (χ3v) is 3.84. The third kappa shape index (κ3) is 3.94. The van der Waals surface area contributed by atoms with Crippen molar-refractivity contribution in [2.24, 2.45) is 0 Å². The Balaban J connectivity index is 1.75. The highest BCUT2D eigenvalue weighted by Crippen LogP contribution is 2.29. The number of carbonyl (C=O) groups is 1. The van der Waals surface area contributed by atoms with Gasteiger partial charge in [0.1, 0.15) is 6.61 Å². The number of fused-ring (bicyclic) bond motifs is 1. The molecule has 26 heavy (non-hydrogen) atoms. The zero-order valence-electron chi connectivity index (χ0n) is 15.1. The molecule has 0 bridgehead atoms. The summed E-state index contributed by atoms with van der Waals surface area (Å²) < 4.78 is 16.4. The quantitative estimate of drug-likeness (QED) is 0.617. The molecule has 0 unspecified atom stereocenters. The average Bonchev–Trinajstić information content (AvgIpc) is 2.66. The molecule has 0 atom stereocenters. The normalized spacial score (nSPS) is 10.8. The van der Waals surface area contributed by atoms with Crippen LogP contribution in [-0.2, 0) is 11.3 Å². The second kappa shape index (κ2) is 7.87. The fraction of sp³-hybridized carbons (Fsp3) is 0.238. The highest BCUT2D eigenvalue weighted by atomic mass is 16.5. The lowest BCUT2D eigenvalue weighted by Crippen LogP contribution is -2.09. The summed E-state index contributed by atoms with van der Waals surface area (Å²) in [6, 6.07) is 14.7. The van der Waals surface area contributed by atoms with E-state index in [4.69, 9.17) is 14.2 Å². The van der Waals surface area contributed by atoms with E-state index in [-0.39, 0.29) is 12.7 Å². The number of aromatic nitrogens is 1. The van der Waals surface area contributed by atoms with Crippen LogP contribution >= 0.6 is 0 Å². The van der Waals surface area contributed by atoms with Crippen molar-refractivity contribution in [2.75, 3.05) is 7.11 Å². The van der Waals surface area contributed by atoms with Gasteiger partial charge in [0.25, 0.3) is 0 Å². The van der Waals surface area contributed by atoms with Crippen LogP contribution in [0.4, 0.5) is 0 Å². The first-order valence-electron chi connectivity index (χ1n) is 8.43. The minimum atomic E-state index is -0.424. The van der Waals surface area contributed by atoms with Crippen molar-refractivity contribution in [1.29, 1.82) is 0 Å². The van der Waals surface area contributed by atoms with E-state index in [0.717, 1.165) is 16.5 Å². The Morgan fingerprint density at radius 2 is 1.88 bits per heavy atom. The first kappa shape index (κ1) is 17.7. The van der Waals surface area contributed by atoms with E-state index >= 15 is 0 Å². The van der Waals surface area contributed by atoms with Crippen molar-refractivity contribution in [3.05, 3.63) is 65.9 Å². The zero-order valence-corrected chi connectivity index (χ0v) is 15.1. The molecule has 0 fully saturated rings. The summed E-state index contributed by atoms with van der Waals surface area (Å²) in [6.45, 7) is 4.01. The molecular weight excluding hydrogens is 330 g/mol. The van der Waals surface area contributed by atoms with Crippen LogP contribution in [0.15, 0.2) is 54.7 Å². The molecule has 0 spiro atoms. The van der Waals surface area contributed by atoms with Gasteiger partial charge in [0.05, 0.1) is 24.3 Å². The van der Waals surface area contributed by atoms with Crippen LogP contribution in [0.5, 0.6) is 11.5 Å². The second-order valence-corrected chi connectivity index (χ2v) is 6.10. The number of rotatable bonds is 6. The summed E-state index contributed by atoms with van der Waals surface area (Å²) in [7, 11) is 1.54. The van der Waals surface area contributed by atoms with Crippen molar-refractivity contribution in [2.45, 2.75) is 26.6 Å². The molecule has 3 rings (SSSR count). The van der Waals surface area contributed by atoms with Gasteiger partial charge >= 0.3 is 5.97 Å². The smallest absolute Gasteiger partial charge is 0.338 e. The summed E-state index contributed by atoms with van der Waals surface area (Å²) in [5.74, 6) is 0.671. The summed E-state index contributed by atoms with van der Waals surface area (Å²) >= 11 is 0. The molecule has 0 amide bonds. The highest BCUT2D eigenvalue weighted by molar-refractivity contribution is 5.90. The van der Waals surface area contributed by atoms with Gasteiger partial charge in [-0.2, -0.15) is 0 Å². The fourth-order valence-corrected chi connectivity index (χ4v) is 2.66. The highest BCUT2D eigenvalue weighted by Gasteiger charge is 2.14. The number of nitrogens with zero attached hydrogens (tertiary/aromatic N) is 1. The number of hydrogen-bond acceptors (Lipinski definition) is 5. The molecule has 5 nitrogen and oxygen atoms in total. The Kier molecular flexibility index (Phi) is 5.37. The van der Waals surface area contributed by atoms with Gasteiger partial charge in [-0.3, -0.25) is 4.98 Å². The van der Waals surface area contributed by atoms with Crippen molar-refractivity contribution in [3.63, 3.8) is 0 Å². The van der Waals surface area contributed by atoms with E-state index in [9.17, 15) is 4.79 Å². The van der Waals surface area contributed by atoms with Gasteiger partial charge in [-0.05, 0) is 38.1 Å². The molecule has 134 valence electrons. The van der Waals surface area contributed by atoms with E-state index in [2.05, 4.69) is 4.98 Å². The predicted octanol–water partition coefficient (Wildman–Crippen LogP) is 4.39. The number of esters is 1. The molecule has 3 aromatic rings. The minimum absolute atomic E-state index is 0.0144. The molecule has 5 heteroatoms. The van der Waals surface area contributed by atoms with Crippen LogP contribution in [0.3, 0.4) is 0 Å². The van der Waals surface area contributed by atoms with Gasteiger partial charge in [0.15, 0.2) is 11.5 Å². The van der Waals surface area contributed by atoms with E-state index in [1.807, 2.05) is 44.2 Å². The van der Waals surface area contributed by atoms with Gasteiger partial charge in [-0.1, -0.05) is 24.3 Å². The molecule has 2 aromatic carbocycles. The lowest BCUT2D eigenvalue weighted by molar-refractivity contribution is 0.0473. The van der Waals surface area contributed by atoms with Crippen LogP contribution in [0.2, 0.25) is 0 Å².